The van der Waals surface area contributed by atoms with Crippen molar-refractivity contribution in [1.29, 1.82) is 0 Å². The predicted octanol–water partition coefficient (Wildman–Crippen LogP) is 0.971. The van der Waals surface area contributed by atoms with Crippen molar-refractivity contribution in [2.45, 2.75) is 31.8 Å². The van der Waals surface area contributed by atoms with Gasteiger partial charge in [0.25, 0.3) is 0 Å². The Bertz CT molecular complexity index is 523. The summed E-state index contributed by atoms with van der Waals surface area (Å²) in [5, 5.41) is 9.13. The SMILES string of the molecule is COc1cc(S(=O)(=O)NC[C@H](C)O)c(C)cc1C. The van der Waals surface area contributed by atoms with Gasteiger partial charge in [-0.3, -0.25) is 0 Å². The van der Waals surface area contributed by atoms with Crippen LogP contribution in [0, 0.1) is 13.8 Å². The maximum Gasteiger partial charge on any atom is 0.241 e. The number of benzene rings is 1. The van der Waals surface area contributed by atoms with Crippen LogP contribution >= 0.6 is 0 Å². The van der Waals surface area contributed by atoms with E-state index in [0.717, 1.165) is 5.56 Å². The van der Waals surface area contributed by atoms with Crippen molar-refractivity contribution in [3.63, 3.8) is 0 Å². The molecule has 1 atom stereocenters. The average Bonchev–Trinajstić information content (AvgIpc) is 2.26. The van der Waals surface area contributed by atoms with Crippen LogP contribution in [0.3, 0.4) is 0 Å². The molecular weight excluding hydrogens is 254 g/mol. The minimum Gasteiger partial charge on any atom is -0.496 e. The number of aryl methyl sites for hydroxylation is 2. The summed E-state index contributed by atoms with van der Waals surface area (Å²) in [4.78, 5) is 0.172. The number of hydrogen-bond acceptors (Lipinski definition) is 4. The minimum absolute atomic E-state index is 0.0159. The van der Waals surface area contributed by atoms with E-state index in [1.54, 1.807) is 13.0 Å². The van der Waals surface area contributed by atoms with Crippen molar-refractivity contribution in [3.8, 4) is 5.75 Å². The van der Waals surface area contributed by atoms with Gasteiger partial charge in [0.2, 0.25) is 10.0 Å². The number of aliphatic hydroxyl groups is 1. The quantitative estimate of drug-likeness (QED) is 0.838. The summed E-state index contributed by atoms with van der Waals surface area (Å²) in [6.45, 7) is 5.08. The smallest absolute Gasteiger partial charge is 0.241 e. The van der Waals surface area contributed by atoms with E-state index in [9.17, 15) is 8.42 Å². The maximum atomic E-state index is 12.1. The Kier molecular flexibility index (Phi) is 4.72. The molecule has 0 saturated heterocycles. The lowest BCUT2D eigenvalue weighted by Gasteiger charge is -2.13. The Balaban J connectivity index is 3.16. The van der Waals surface area contributed by atoms with Gasteiger partial charge in [-0.15, -0.1) is 0 Å². The predicted molar refractivity (Wildman–Crippen MR) is 69.3 cm³/mol. The normalized spacial score (nSPS) is 13.4. The molecule has 18 heavy (non-hydrogen) atoms. The minimum atomic E-state index is -3.63. The highest BCUT2D eigenvalue weighted by molar-refractivity contribution is 7.89. The number of ether oxygens (including phenoxy) is 1. The molecule has 1 aromatic carbocycles. The first-order valence-corrected chi connectivity index (χ1v) is 7.09. The van der Waals surface area contributed by atoms with Crippen LogP contribution < -0.4 is 9.46 Å². The van der Waals surface area contributed by atoms with Gasteiger partial charge in [0.1, 0.15) is 5.75 Å². The molecule has 1 aromatic rings. The Morgan fingerprint density at radius 1 is 1.33 bits per heavy atom. The van der Waals surface area contributed by atoms with E-state index < -0.39 is 16.1 Å². The van der Waals surface area contributed by atoms with Gasteiger partial charge in [0.05, 0.1) is 18.1 Å². The van der Waals surface area contributed by atoms with Crippen molar-refractivity contribution < 1.29 is 18.3 Å². The standard InChI is InChI=1S/C12H19NO4S/c1-8-5-9(2)12(6-11(8)17-4)18(15,16)13-7-10(3)14/h5-6,10,13-14H,7H2,1-4H3/t10-/m0/s1. The third kappa shape index (κ3) is 3.44. The zero-order valence-corrected chi connectivity index (χ0v) is 11.8. The molecule has 0 radical (unpaired) electrons. The molecule has 0 saturated carbocycles. The van der Waals surface area contributed by atoms with Gasteiger partial charge in [0.15, 0.2) is 0 Å². The Hall–Kier alpha value is -1.11. The molecule has 1 rings (SSSR count). The molecule has 0 fully saturated rings. The molecule has 0 aliphatic carbocycles. The number of methoxy groups -OCH3 is 1. The summed E-state index contributed by atoms with van der Waals surface area (Å²) >= 11 is 0. The molecule has 0 heterocycles. The number of hydrogen-bond donors (Lipinski definition) is 2. The van der Waals surface area contributed by atoms with Gasteiger partial charge in [0, 0.05) is 12.6 Å². The summed E-state index contributed by atoms with van der Waals surface area (Å²) in [5.41, 5.74) is 1.52. The average molecular weight is 273 g/mol. The van der Waals surface area contributed by atoms with E-state index in [1.807, 2.05) is 6.92 Å². The molecule has 5 nitrogen and oxygen atoms in total. The molecule has 0 spiro atoms. The third-order valence-corrected chi connectivity index (χ3v) is 4.12. The van der Waals surface area contributed by atoms with Crippen LogP contribution in [0.2, 0.25) is 0 Å². The van der Waals surface area contributed by atoms with E-state index in [4.69, 9.17) is 9.84 Å². The highest BCUT2D eigenvalue weighted by atomic mass is 32.2. The molecule has 0 unspecified atom stereocenters. The molecule has 0 amide bonds. The van der Waals surface area contributed by atoms with E-state index in [2.05, 4.69) is 4.72 Å². The van der Waals surface area contributed by atoms with Gasteiger partial charge in [-0.25, -0.2) is 13.1 Å². The molecule has 102 valence electrons. The second-order valence-electron chi connectivity index (χ2n) is 4.29. The molecule has 0 aliphatic heterocycles. The van der Waals surface area contributed by atoms with Crippen molar-refractivity contribution in [2.24, 2.45) is 0 Å². The molecule has 0 aliphatic rings. The molecule has 0 bridgehead atoms. The van der Waals surface area contributed by atoms with Gasteiger partial charge >= 0.3 is 0 Å². The second kappa shape index (κ2) is 5.69. The Morgan fingerprint density at radius 2 is 1.94 bits per heavy atom. The maximum absolute atomic E-state index is 12.1. The van der Waals surface area contributed by atoms with Gasteiger partial charge < -0.3 is 9.84 Å². The van der Waals surface area contributed by atoms with Crippen LogP contribution in [-0.2, 0) is 10.0 Å². The topological polar surface area (TPSA) is 75.6 Å². The van der Waals surface area contributed by atoms with E-state index in [-0.39, 0.29) is 11.4 Å². The van der Waals surface area contributed by atoms with Crippen LogP contribution in [0.25, 0.3) is 0 Å². The summed E-state index contributed by atoms with van der Waals surface area (Å²) in [7, 11) is -2.13. The third-order valence-electron chi connectivity index (χ3n) is 2.55. The number of nitrogens with one attached hydrogen (secondary N) is 1. The number of rotatable bonds is 5. The Labute approximate surface area is 108 Å². The zero-order chi connectivity index (χ0) is 13.9. The lowest BCUT2D eigenvalue weighted by Crippen LogP contribution is -2.31. The fourth-order valence-corrected chi connectivity index (χ4v) is 2.99. The van der Waals surface area contributed by atoms with Crippen LogP contribution in [-0.4, -0.2) is 33.3 Å². The Morgan fingerprint density at radius 3 is 2.44 bits per heavy atom. The van der Waals surface area contributed by atoms with Gasteiger partial charge in [-0.05, 0) is 31.9 Å². The van der Waals surface area contributed by atoms with Crippen molar-refractivity contribution in [3.05, 3.63) is 23.3 Å². The van der Waals surface area contributed by atoms with E-state index in [0.29, 0.717) is 11.3 Å². The molecular formula is C12H19NO4S. The lowest BCUT2D eigenvalue weighted by atomic mass is 10.1. The van der Waals surface area contributed by atoms with Crippen molar-refractivity contribution >= 4 is 10.0 Å². The van der Waals surface area contributed by atoms with Crippen LogP contribution in [0.4, 0.5) is 0 Å². The first-order chi connectivity index (χ1) is 8.27. The van der Waals surface area contributed by atoms with E-state index >= 15 is 0 Å². The lowest BCUT2D eigenvalue weighted by molar-refractivity contribution is 0.198. The first kappa shape index (κ1) is 14.9. The highest BCUT2D eigenvalue weighted by Crippen LogP contribution is 2.25. The zero-order valence-electron chi connectivity index (χ0n) is 11.0. The fraction of sp³-hybridized carbons (Fsp3) is 0.500. The largest absolute Gasteiger partial charge is 0.496 e. The summed E-state index contributed by atoms with van der Waals surface area (Å²) in [6, 6.07) is 3.25. The van der Waals surface area contributed by atoms with Crippen LogP contribution in [0.15, 0.2) is 17.0 Å². The fourth-order valence-electron chi connectivity index (χ4n) is 1.63. The molecule has 6 heteroatoms. The summed E-state index contributed by atoms with van der Waals surface area (Å²) in [6.07, 6.45) is -0.729. The first-order valence-electron chi connectivity index (χ1n) is 5.61. The van der Waals surface area contributed by atoms with Crippen LogP contribution in [0.1, 0.15) is 18.1 Å². The monoisotopic (exact) mass is 273 g/mol. The van der Waals surface area contributed by atoms with Gasteiger partial charge in [-0.2, -0.15) is 0 Å². The highest BCUT2D eigenvalue weighted by Gasteiger charge is 2.19. The summed E-state index contributed by atoms with van der Waals surface area (Å²) in [5.74, 6) is 0.526. The molecule has 0 aromatic heterocycles. The number of aliphatic hydroxyl groups excluding tert-OH is 1. The molecule has 2 N–H and O–H groups in total. The summed E-state index contributed by atoms with van der Waals surface area (Å²) < 4.78 is 31.6. The van der Waals surface area contributed by atoms with E-state index in [1.165, 1.54) is 20.1 Å². The van der Waals surface area contributed by atoms with Crippen molar-refractivity contribution in [2.75, 3.05) is 13.7 Å². The van der Waals surface area contributed by atoms with Gasteiger partial charge in [-0.1, -0.05) is 6.07 Å². The van der Waals surface area contributed by atoms with Crippen LogP contribution in [0.5, 0.6) is 5.75 Å². The second-order valence-corrected chi connectivity index (χ2v) is 6.02. The number of sulfonamides is 1. The van der Waals surface area contributed by atoms with Crippen molar-refractivity contribution in [1.82, 2.24) is 4.72 Å².